The fourth-order valence-corrected chi connectivity index (χ4v) is 5.85. The molecule has 212 valence electrons. The second kappa shape index (κ2) is 10.9. The average molecular weight is 553 g/mol. The Bertz CT molecular complexity index is 1650. The summed E-state index contributed by atoms with van der Waals surface area (Å²) in [6.07, 6.45) is 7.87. The summed E-state index contributed by atoms with van der Waals surface area (Å²) in [4.78, 5) is 31.7. The lowest BCUT2D eigenvalue weighted by Crippen LogP contribution is -2.29. The van der Waals surface area contributed by atoms with Gasteiger partial charge in [0, 0.05) is 24.3 Å². The zero-order valence-electron chi connectivity index (χ0n) is 23.5. The summed E-state index contributed by atoms with van der Waals surface area (Å²) >= 11 is 0. The lowest BCUT2D eigenvalue weighted by molar-refractivity contribution is 0.0738. The third-order valence-corrected chi connectivity index (χ3v) is 8.01. The first-order chi connectivity index (χ1) is 19.8. The number of allylic oxidation sites excluding steroid dienone is 1. The summed E-state index contributed by atoms with van der Waals surface area (Å²) in [6.45, 7) is 9.30. The maximum Gasteiger partial charge on any atom is 0.278 e. The van der Waals surface area contributed by atoms with E-state index in [2.05, 4.69) is 56.4 Å². The lowest BCUT2D eigenvalue weighted by atomic mass is 9.78. The molecule has 2 aliphatic rings. The van der Waals surface area contributed by atoms with Gasteiger partial charge in [0.15, 0.2) is 11.5 Å². The Morgan fingerprint density at radius 2 is 1.85 bits per heavy atom. The molecule has 0 bridgehead atoms. The van der Waals surface area contributed by atoms with Crippen LogP contribution in [0.15, 0.2) is 71.1 Å². The molecular formula is C31H36N8O2. The molecule has 10 nitrogen and oxygen atoms in total. The number of hydrogen-bond acceptors (Lipinski definition) is 8. The van der Waals surface area contributed by atoms with Crippen molar-refractivity contribution in [2.24, 2.45) is 10.9 Å². The van der Waals surface area contributed by atoms with Crippen molar-refractivity contribution in [1.82, 2.24) is 29.6 Å². The van der Waals surface area contributed by atoms with Gasteiger partial charge < -0.3 is 15.7 Å². The van der Waals surface area contributed by atoms with Crippen LogP contribution in [0.4, 0.5) is 11.6 Å². The quantitative estimate of drug-likeness (QED) is 0.277. The van der Waals surface area contributed by atoms with Gasteiger partial charge in [-0.3, -0.25) is 9.79 Å². The molecule has 1 aliphatic heterocycles. The Labute approximate surface area is 238 Å². The van der Waals surface area contributed by atoms with Crippen molar-refractivity contribution >= 4 is 28.5 Å². The molecule has 10 heteroatoms. The van der Waals surface area contributed by atoms with Gasteiger partial charge in [0.1, 0.15) is 11.0 Å². The van der Waals surface area contributed by atoms with Crippen molar-refractivity contribution in [3.05, 3.63) is 82.9 Å². The van der Waals surface area contributed by atoms with Crippen LogP contribution in [-0.2, 0) is 12.1 Å². The Morgan fingerprint density at radius 1 is 1.10 bits per heavy atom. The van der Waals surface area contributed by atoms with Gasteiger partial charge in [-0.1, -0.05) is 24.3 Å². The minimum atomic E-state index is -1.14. The fraction of sp³-hybridized carbons (Fsp3) is 0.387. The van der Waals surface area contributed by atoms with Crippen LogP contribution in [-0.4, -0.2) is 48.3 Å². The highest BCUT2D eigenvalue weighted by atomic mass is 16.3. The second-order valence-electron chi connectivity index (χ2n) is 11.3. The molecule has 0 radical (unpaired) electrons. The van der Waals surface area contributed by atoms with Gasteiger partial charge >= 0.3 is 0 Å². The molecule has 0 atom stereocenters. The molecule has 4 aromatic rings. The molecule has 0 unspecified atom stereocenters. The van der Waals surface area contributed by atoms with Gasteiger partial charge in [-0.15, -0.1) is 6.58 Å². The maximum absolute atomic E-state index is 13.3. The molecule has 1 aliphatic carbocycles. The normalized spacial score (nSPS) is 19.1. The molecule has 1 aromatic carbocycles. The Balaban J connectivity index is 1.25. The van der Waals surface area contributed by atoms with E-state index in [4.69, 9.17) is 4.98 Å². The number of nitrogens with one attached hydrogen (secondary N) is 2. The van der Waals surface area contributed by atoms with Crippen molar-refractivity contribution in [2.75, 3.05) is 18.4 Å². The van der Waals surface area contributed by atoms with Gasteiger partial charge in [0.25, 0.3) is 5.56 Å². The molecular weight excluding hydrogens is 516 g/mol. The first kappa shape index (κ1) is 26.9. The molecule has 0 spiro atoms. The maximum atomic E-state index is 13.3. The minimum absolute atomic E-state index is 0.239. The van der Waals surface area contributed by atoms with Crippen LogP contribution in [0.2, 0.25) is 0 Å². The van der Waals surface area contributed by atoms with Crippen LogP contribution in [0.3, 0.4) is 0 Å². The molecule has 1 saturated carbocycles. The number of aromatic nitrogens is 5. The Morgan fingerprint density at radius 3 is 2.54 bits per heavy atom. The predicted octanol–water partition coefficient (Wildman–Crippen LogP) is 4.41. The predicted molar refractivity (Wildman–Crippen MR) is 161 cm³/mol. The van der Waals surface area contributed by atoms with Gasteiger partial charge in [-0.25, -0.2) is 19.3 Å². The summed E-state index contributed by atoms with van der Waals surface area (Å²) < 4.78 is 3.18. The number of anilines is 2. The Hall–Kier alpha value is -4.31. The standard InChI is InChI=1S/C31H36N8O2/c1-4-18-38-29(40)24-19-34-30(37-28(24)39(38)26-7-5-6-25(36-26)31(2,3)41)35-23-14-12-21(13-15-23)20-8-10-22(11-9-20)27-32-16-17-33-27/h4-7,12-15,19-20,22,41H,1,8-11,16-18H2,2-3H3,(H,32,33)(H,34,35,37). The van der Waals surface area contributed by atoms with E-state index in [0.29, 0.717) is 40.3 Å². The molecule has 4 heterocycles. The Kier molecular flexibility index (Phi) is 7.17. The fourth-order valence-electron chi connectivity index (χ4n) is 5.85. The highest BCUT2D eigenvalue weighted by Gasteiger charge is 2.27. The number of fused-ring (bicyclic) bond motifs is 1. The summed E-state index contributed by atoms with van der Waals surface area (Å²) in [5.41, 5.74) is 1.74. The van der Waals surface area contributed by atoms with E-state index in [1.807, 2.05) is 0 Å². The summed E-state index contributed by atoms with van der Waals surface area (Å²) in [7, 11) is 0. The number of pyridine rings is 1. The highest BCUT2D eigenvalue weighted by molar-refractivity contribution is 5.86. The lowest BCUT2D eigenvalue weighted by Gasteiger charge is -2.29. The number of aliphatic imine (C=N–C) groups is 1. The average Bonchev–Trinajstić information content (AvgIpc) is 3.61. The van der Waals surface area contributed by atoms with E-state index in [1.165, 1.54) is 41.8 Å². The van der Waals surface area contributed by atoms with Crippen LogP contribution in [0.25, 0.3) is 16.9 Å². The van der Waals surface area contributed by atoms with Crippen LogP contribution in [0.1, 0.15) is 56.7 Å². The van der Waals surface area contributed by atoms with Gasteiger partial charge in [-0.2, -0.15) is 4.98 Å². The van der Waals surface area contributed by atoms with E-state index in [1.54, 1.807) is 49.0 Å². The molecule has 0 amide bonds. The van der Waals surface area contributed by atoms with Crippen molar-refractivity contribution in [1.29, 1.82) is 0 Å². The van der Waals surface area contributed by atoms with Crippen LogP contribution in [0.5, 0.6) is 0 Å². The molecule has 0 saturated heterocycles. The van der Waals surface area contributed by atoms with Crippen LogP contribution < -0.4 is 16.2 Å². The van der Waals surface area contributed by atoms with Crippen molar-refractivity contribution in [3.63, 3.8) is 0 Å². The number of amidine groups is 1. The highest BCUT2D eigenvalue weighted by Crippen LogP contribution is 2.37. The van der Waals surface area contributed by atoms with Gasteiger partial charge in [0.2, 0.25) is 5.95 Å². The molecule has 6 rings (SSSR count). The number of hydrogen-bond donors (Lipinski definition) is 3. The van der Waals surface area contributed by atoms with Gasteiger partial charge in [0.05, 0.1) is 24.6 Å². The topological polar surface area (TPSA) is 122 Å². The molecule has 41 heavy (non-hydrogen) atoms. The second-order valence-corrected chi connectivity index (χ2v) is 11.3. The smallest absolute Gasteiger partial charge is 0.278 e. The first-order valence-corrected chi connectivity index (χ1v) is 14.3. The number of benzene rings is 1. The SMILES string of the molecule is C=CCn1c(=O)c2cnc(Nc3ccc(C4CCC(C5=NCCN5)CC4)cc3)nc2n1-c1cccc(C(C)(C)O)n1. The van der Waals surface area contributed by atoms with Crippen molar-refractivity contribution in [3.8, 4) is 5.82 Å². The number of rotatable bonds is 8. The summed E-state index contributed by atoms with van der Waals surface area (Å²) in [5.74, 6) is 3.19. The number of nitrogens with zero attached hydrogens (tertiary/aromatic N) is 6. The largest absolute Gasteiger partial charge is 0.384 e. The minimum Gasteiger partial charge on any atom is -0.384 e. The zero-order chi connectivity index (χ0) is 28.6. The van der Waals surface area contributed by atoms with Gasteiger partial charge in [-0.05, 0) is 75.3 Å². The number of aliphatic hydroxyl groups is 1. The molecule has 3 N–H and O–H groups in total. The van der Waals surface area contributed by atoms with E-state index in [-0.39, 0.29) is 12.1 Å². The van der Waals surface area contributed by atoms with Crippen molar-refractivity contribution in [2.45, 2.75) is 57.6 Å². The zero-order valence-corrected chi connectivity index (χ0v) is 23.5. The molecule has 3 aromatic heterocycles. The summed E-state index contributed by atoms with van der Waals surface area (Å²) in [5, 5.41) is 17.6. The first-order valence-electron chi connectivity index (χ1n) is 14.3. The molecule has 1 fully saturated rings. The van der Waals surface area contributed by atoms with E-state index in [9.17, 15) is 9.90 Å². The van der Waals surface area contributed by atoms with E-state index < -0.39 is 5.60 Å². The van der Waals surface area contributed by atoms with E-state index in [0.717, 1.165) is 18.8 Å². The van der Waals surface area contributed by atoms with Crippen molar-refractivity contribution < 1.29 is 5.11 Å². The summed E-state index contributed by atoms with van der Waals surface area (Å²) in [6, 6.07) is 13.8. The van der Waals surface area contributed by atoms with Crippen LogP contribution in [0, 0.1) is 5.92 Å². The monoisotopic (exact) mass is 552 g/mol. The van der Waals surface area contributed by atoms with Crippen LogP contribution >= 0.6 is 0 Å². The van der Waals surface area contributed by atoms with E-state index >= 15 is 0 Å². The third kappa shape index (κ3) is 5.39. The third-order valence-electron chi connectivity index (χ3n) is 8.01.